The molecule has 2 amide bonds. The first-order valence-electron chi connectivity index (χ1n) is 10.5. The van der Waals surface area contributed by atoms with E-state index < -0.39 is 30.0 Å². The summed E-state index contributed by atoms with van der Waals surface area (Å²) >= 11 is 0. The molecule has 1 aromatic carbocycles. The Morgan fingerprint density at radius 3 is 1.97 bits per heavy atom. The zero-order chi connectivity index (χ0) is 23.6. The SMILES string of the molecule is CC(C)=C(CNC(=O)c1ccc(B2OC(C)(C)C(C)(C)O2)cc1)NC(=O)OC(C)(C)C. The average Bonchev–Trinajstić information content (AvgIpc) is 2.84. The lowest BCUT2D eigenvalue weighted by molar-refractivity contribution is 0.00578. The molecule has 1 aromatic rings. The van der Waals surface area contributed by atoms with Crippen LogP contribution < -0.4 is 16.1 Å². The number of nitrogens with one attached hydrogen (secondary N) is 2. The summed E-state index contributed by atoms with van der Waals surface area (Å²) in [6.07, 6.45) is -0.551. The maximum Gasteiger partial charge on any atom is 0.494 e. The molecule has 0 aromatic heterocycles. The molecule has 0 radical (unpaired) electrons. The number of carbonyl (C=O) groups is 2. The first kappa shape index (κ1) is 24.9. The van der Waals surface area contributed by atoms with Crippen LogP contribution >= 0.6 is 0 Å². The van der Waals surface area contributed by atoms with E-state index in [-0.39, 0.29) is 12.5 Å². The summed E-state index contributed by atoms with van der Waals surface area (Å²) in [5.41, 5.74) is 1.39. The van der Waals surface area contributed by atoms with Crippen LogP contribution in [-0.4, -0.2) is 42.5 Å². The van der Waals surface area contributed by atoms with E-state index in [1.54, 1.807) is 32.9 Å². The molecule has 0 spiro atoms. The predicted molar refractivity (Wildman–Crippen MR) is 122 cm³/mol. The Morgan fingerprint density at radius 1 is 1.00 bits per heavy atom. The summed E-state index contributed by atoms with van der Waals surface area (Å²) in [7, 11) is -0.475. The third-order valence-corrected chi connectivity index (χ3v) is 5.38. The van der Waals surface area contributed by atoms with Gasteiger partial charge < -0.3 is 19.4 Å². The van der Waals surface area contributed by atoms with Gasteiger partial charge in [-0.1, -0.05) is 17.7 Å². The van der Waals surface area contributed by atoms with Gasteiger partial charge in [-0.2, -0.15) is 0 Å². The van der Waals surface area contributed by atoms with Crippen LogP contribution in [0.25, 0.3) is 0 Å². The second-order valence-corrected chi connectivity index (χ2v) is 10.00. The first-order chi connectivity index (χ1) is 14.1. The van der Waals surface area contributed by atoms with Crippen molar-refractivity contribution in [1.29, 1.82) is 0 Å². The second-order valence-electron chi connectivity index (χ2n) is 10.00. The highest BCUT2D eigenvalue weighted by molar-refractivity contribution is 6.62. The van der Waals surface area contributed by atoms with Crippen LogP contribution in [-0.2, 0) is 14.0 Å². The zero-order valence-corrected chi connectivity index (χ0v) is 20.1. The summed E-state index contributed by atoms with van der Waals surface area (Å²) in [5, 5.41) is 5.55. The number of rotatable bonds is 5. The number of allylic oxidation sites excluding steroid dienone is 1. The van der Waals surface area contributed by atoms with Crippen LogP contribution in [0.4, 0.5) is 4.79 Å². The van der Waals surface area contributed by atoms with Gasteiger partial charge in [0.15, 0.2) is 0 Å². The van der Waals surface area contributed by atoms with Crippen LogP contribution in [0.3, 0.4) is 0 Å². The molecule has 0 aliphatic carbocycles. The normalized spacial score (nSPS) is 17.1. The monoisotopic (exact) mass is 430 g/mol. The number of hydrogen-bond donors (Lipinski definition) is 2. The average molecular weight is 430 g/mol. The molecule has 2 N–H and O–H groups in total. The second kappa shape index (κ2) is 9.05. The van der Waals surface area contributed by atoms with Crippen molar-refractivity contribution in [2.75, 3.05) is 6.54 Å². The van der Waals surface area contributed by atoms with Crippen molar-refractivity contribution >= 4 is 24.6 Å². The molecule has 1 heterocycles. The van der Waals surface area contributed by atoms with Gasteiger partial charge in [-0.25, -0.2) is 4.79 Å². The fourth-order valence-corrected chi connectivity index (χ4v) is 2.81. The first-order valence-corrected chi connectivity index (χ1v) is 10.5. The lowest BCUT2D eigenvalue weighted by Crippen LogP contribution is -2.41. The van der Waals surface area contributed by atoms with E-state index in [1.807, 2.05) is 53.7 Å². The molecule has 0 saturated carbocycles. The van der Waals surface area contributed by atoms with E-state index in [2.05, 4.69) is 10.6 Å². The van der Waals surface area contributed by atoms with Gasteiger partial charge in [-0.3, -0.25) is 10.1 Å². The Labute approximate surface area is 186 Å². The Kier molecular flexibility index (Phi) is 7.28. The van der Waals surface area contributed by atoms with Crippen molar-refractivity contribution in [2.24, 2.45) is 0 Å². The maximum absolute atomic E-state index is 12.6. The molecule has 1 aliphatic rings. The molecule has 1 saturated heterocycles. The van der Waals surface area contributed by atoms with E-state index in [0.717, 1.165) is 11.0 Å². The van der Waals surface area contributed by atoms with Crippen LogP contribution in [0.1, 0.15) is 72.7 Å². The number of benzene rings is 1. The molecular formula is C23H35BN2O5. The minimum absolute atomic E-state index is 0.180. The molecule has 1 aliphatic heterocycles. The third-order valence-electron chi connectivity index (χ3n) is 5.38. The Bertz CT molecular complexity index is 834. The molecular weight excluding hydrogens is 395 g/mol. The molecule has 8 heteroatoms. The van der Waals surface area contributed by atoms with Crippen molar-refractivity contribution in [1.82, 2.24) is 10.6 Å². The molecule has 0 bridgehead atoms. The van der Waals surface area contributed by atoms with Gasteiger partial charge in [0, 0.05) is 11.3 Å². The highest BCUT2D eigenvalue weighted by Gasteiger charge is 2.51. The van der Waals surface area contributed by atoms with E-state index in [1.165, 1.54) is 0 Å². The minimum atomic E-state index is -0.598. The van der Waals surface area contributed by atoms with Gasteiger partial charge in [-0.05, 0) is 79.9 Å². The van der Waals surface area contributed by atoms with Gasteiger partial charge >= 0.3 is 13.2 Å². The maximum atomic E-state index is 12.6. The van der Waals surface area contributed by atoms with Gasteiger partial charge in [0.1, 0.15) is 5.60 Å². The zero-order valence-electron chi connectivity index (χ0n) is 20.1. The molecule has 0 unspecified atom stereocenters. The molecule has 2 rings (SSSR count). The van der Waals surface area contributed by atoms with Crippen molar-refractivity contribution < 1.29 is 23.6 Å². The summed E-state index contributed by atoms with van der Waals surface area (Å²) in [6.45, 7) is 17.3. The van der Waals surface area contributed by atoms with Gasteiger partial charge in [0.05, 0.1) is 17.7 Å². The van der Waals surface area contributed by atoms with E-state index in [4.69, 9.17) is 14.0 Å². The topological polar surface area (TPSA) is 85.9 Å². The molecule has 7 nitrogen and oxygen atoms in total. The van der Waals surface area contributed by atoms with E-state index >= 15 is 0 Å². The van der Waals surface area contributed by atoms with Gasteiger partial charge in [0.25, 0.3) is 5.91 Å². The number of ether oxygens (including phenoxy) is 1. The molecule has 0 atom stereocenters. The van der Waals surface area contributed by atoms with Crippen molar-refractivity contribution in [3.8, 4) is 0 Å². The largest absolute Gasteiger partial charge is 0.494 e. The van der Waals surface area contributed by atoms with E-state index in [0.29, 0.717) is 11.3 Å². The van der Waals surface area contributed by atoms with Crippen LogP contribution in [0.15, 0.2) is 35.5 Å². The van der Waals surface area contributed by atoms with Crippen molar-refractivity contribution in [2.45, 2.75) is 79.1 Å². The highest BCUT2D eigenvalue weighted by Crippen LogP contribution is 2.36. The van der Waals surface area contributed by atoms with Crippen LogP contribution in [0.2, 0.25) is 0 Å². The standard InChI is InChI=1S/C23H35BN2O5/c1-15(2)18(26-20(28)29-21(3,4)5)14-25-19(27)16-10-12-17(13-11-16)24-30-22(6,7)23(8,9)31-24/h10-13H,14H2,1-9H3,(H,25,27)(H,26,28). The highest BCUT2D eigenvalue weighted by atomic mass is 16.7. The number of amides is 2. The lowest BCUT2D eigenvalue weighted by atomic mass is 9.79. The third kappa shape index (κ3) is 6.58. The van der Waals surface area contributed by atoms with E-state index in [9.17, 15) is 9.59 Å². The summed E-state index contributed by atoms with van der Waals surface area (Å²) in [4.78, 5) is 24.6. The summed E-state index contributed by atoms with van der Waals surface area (Å²) in [6, 6.07) is 7.13. The quantitative estimate of drug-likeness (QED) is 0.698. The smallest absolute Gasteiger partial charge is 0.444 e. The van der Waals surface area contributed by atoms with Crippen LogP contribution in [0.5, 0.6) is 0 Å². The Balaban J connectivity index is 1.98. The fourth-order valence-electron chi connectivity index (χ4n) is 2.81. The number of alkyl carbamates (subject to hydrolysis) is 1. The van der Waals surface area contributed by atoms with Gasteiger partial charge in [-0.15, -0.1) is 0 Å². The minimum Gasteiger partial charge on any atom is -0.444 e. The fraction of sp³-hybridized carbons (Fsp3) is 0.565. The van der Waals surface area contributed by atoms with Crippen molar-refractivity contribution in [3.63, 3.8) is 0 Å². The Morgan fingerprint density at radius 2 is 1.52 bits per heavy atom. The number of hydrogen-bond acceptors (Lipinski definition) is 5. The van der Waals surface area contributed by atoms with Gasteiger partial charge in [0.2, 0.25) is 0 Å². The lowest BCUT2D eigenvalue weighted by Gasteiger charge is -2.32. The molecule has 170 valence electrons. The molecule has 1 fully saturated rings. The van der Waals surface area contributed by atoms with Crippen molar-refractivity contribution in [3.05, 3.63) is 41.1 Å². The number of carbonyl (C=O) groups excluding carboxylic acids is 2. The summed E-state index contributed by atoms with van der Waals surface area (Å²) in [5.74, 6) is -0.245. The summed E-state index contributed by atoms with van der Waals surface area (Å²) < 4.78 is 17.4. The predicted octanol–water partition coefficient (Wildman–Crippen LogP) is 3.53. The molecule has 31 heavy (non-hydrogen) atoms. The Hall–Kier alpha value is -2.32. The van der Waals surface area contributed by atoms with Crippen LogP contribution in [0, 0.1) is 0 Å².